The summed E-state index contributed by atoms with van der Waals surface area (Å²) in [5, 5.41) is 0. The van der Waals surface area contributed by atoms with Crippen molar-refractivity contribution in [1.82, 2.24) is 0 Å². The van der Waals surface area contributed by atoms with Crippen molar-refractivity contribution in [2.45, 2.75) is 19.6 Å². The quantitative estimate of drug-likeness (QED) is 0.502. The van der Waals surface area contributed by atoms with Crippen molar-refractivity contribution >= 4 is 33.6 Å². The minimum atomic E-state index is -2.91. The van der Waals surface area contributed by atoms with Gasteiger partial charge in [0.1, 0.15) is 0 Å². The van der Waals surface area contributed by atoms with Gasteiger partial charge in [0.25, 0.3) is 0 Å². The molecule has 0 fully saturated rings. The molecule has 11 heteroatoms. The Hall–Kier alpha value is 0.434. The van der Waals surface area contributed by atoms with Crippen molar-refractivity contribution in [2.24, 2.45) is 0 Å². The molecule has 0 bridgehead atoms. The van der Waals surface area contributed by atoms with Gasteiger partial charge in [-0.3, -0.25) is 0 Å². The number of rotatable bonds is 8. The first-order valence-electron chi connectivity index (χ1n) is 4.70. The fourth-order valence-corrected chi connectivity index (χ4v) is 7.49. The Morgan fingerprint density at radius 2 is 1.35 bits per heavy atom. The molecule has 0 heterocycles. The van der Waals surface area contributed by atoms with Crippen LogP contribution in [0.3, 0.4) is 0 Å². The topological polar surface area (TPSA) is 80.3 Å². The molecule has 0 amide bonds. The van der Waals surface area contributed by atoms with Gasteiger partial charge in [0, 0.05) is 25.3 Å². The Morgan fingerprint density at radius 1 is 0.882 bits per heavy atom. The first-order valence-corrected chi connectivity index (χ1v) is 12.5. The second kappa shape index (κ2) is 7.13. The van der Waals surface area contributed by atoms with Gasteiger partial charge in [0.2, 0.25) is 0 Å². The zero-order chi connectivity index (χ0) is 13.7. The summed E-state index contributed by atoms with van der Waals surface area (Å²) in [4.78, 5) is 0. The maximum Gasteiger partial charge on any atom is 0.682 e. The SMILES string of the molecule is CO[Si](C)(OC)O[P+](=O)O[Si](C)(C)O[P+](C)=O. The van der Waals surface area contributed by atoms with Crippen molar-refractivity contribution in [1.29, 1.82) is 0 Å². The van der Waals surface area contributed by atoms with Gasteiger partial charge in [0.15, 0.2) is 6.66 Å². The first-order chi connectivity index (χ1) is 7.64. The van der Waals surface area contributed by atoms with Crippen molar-refractivity contribution in [3.8, 4) is 0 Å². The maximum absolute atomic E-state index is 11.6. The van der Waals surface area contributed by atoms with E-state index in [1.54, 1.807) is 19.6 Å². The van der Waals surface area contributed by atoms with Gasteiger partial charge in [-0.25, -0.2) is 0 Å². The van der Waals surface area contributed by atoms with E-state index in [0.717, 1.165) is 0 Å². The van der Waals surface area contributed by atoms with Gasteiger partial charge in [-0.2, -0.15) is 4.21 Å². The molecule has 2 atom stereocenters. The van der Waals surface area contributed by atoms with Crippen LogP contribution in [0.5, 0.6) is 0 Å². The van der Waals surface area contributed by atoms with Crippen molar-refractivity contribution in [2.75, 3.05) is 20.9 Å². The fraction of sp³-hybridized carbons (Fsp3) is 1.00. The molecule has 0 radical (unpaired) electrons. The summed E-state index contributed by atoms with van der Waals surface area (Å²) in [6.07, 6.45) is 0. The lowest BCUT2D eigenvalue weighted by Gasteiger charge is -2.14. The summed E-state index contributed by atoms with van der Waals surface area (Å²) in [6.45, 7) is 6.24. The zero-order valence-corrected chi connectivity index (χ0v) is 14.5. The second-order valence-electron chi connectivity index (χ2n) is 3.61. The number of hydrogen-bond acceptors (Lipinski definition) is 7. The largest absolute Gasteiger partial charge is 0.682 e. The van der Waals surface area contributed by atoms with Gasteiger partial charge < -0.3 is 8.85 Å². The molecular weight excluding hydrogens is 302 g/mol. The van der Waals surface area contributed by atoms with Crippen LogP contribution >= 0.6 is 16.3 Å². The lowest BCUT2D eigenvalue weighted by Crippen LogP contribution is -2.39. The summed E-state index contributed by atoms with van der Waals surface area (Å²) < 4.78 is 47.9. The molecule has 0 aliphatic carbocycles. The molecule has 0 saturated heterocycles. The van der Waals surface area contributed by atoms with Crippen LogP contribution in [0.1, 0.15) is 0 Å². The monoisotopic (exact) mass is 320 g/mol. The predicted octanol–water partition coefficient (Wildman–Crippen LogP) is 2.63. The van der Waals surface area contributed by atoms with Crippen LogP contribution in [-0.4, -0.2) is 38.2 Å². The minimum absolute atomic E-state index is 1.40. The van der Waals surface area contributed by atoms with Crippen molar-refractivity contribution < 1.29 is 30.6 Å². The van der Waals surface area contributed by atoms with Crippen LogP contribution in [0.15, 0.2) is 0 Å². The van der Waals surface area contributed by atoms with Gasteiger partial charge in [-0.15, -0.1) is 8.43 Å². The standard InChI is InChI=1S/C6H18O7P2Si2/c1-9-17(6,10-2)13-15(8)12-16(4,5)11-14(3)7/h1-6H3/q+2. The molecule has 100 valence electrons. The van der Waals surface area contributed by atoms with Crippen LogP contribution < -0.4 is 0 Å². The van der Waals surface area contributed by atoms with E-state index in [9.17, 15) is 9.13 Å². The molecule has 0 N–H and O–H groups in total. The van der Waals surface area contributed by atoms with E-state index >= 15 is 0 Å². The molecule has 0 saturated carbocycles. The molecule has 17 heavy (non-hydrogen) atoms. The fourth-order valence-electron chi connectivity index (χ4n) is 0.818. The van der Waals surface area contributed by atoms with E-state index in [4.69, 9.17) is 21.5 Å². The highest BCUT2D eigenvalue weighted by molar-refractivity contribution is 7.41. The van der Waals surface area contributed by atoms with E-state index < -0.39 is 33.6 Å². The van der Waals surface area contributed by atoms with Gasteiger partial charge >= 0.3 is 33.6 Å². The molecule has 2 unspecified atom stereocenters. The van der Waals surface area contributed by atoms with E-state index in [1.807, 2.05) is 0 Å². The summed E-state index contributed by atoms with van der Waals surface area (Å²) in [5.74, 6) is 0. The molecule has 0 aliphatic rings. The smallest absolute Gasteiger partial charge is 0.375 e. The Kier molecular flexibility index (Phi) is 7.31. The van der Waals surface area contributed by atoms with Crippen LogP contribution in [0.25, 0.3) is 0 Å². The molecule has 0 aliphatic heterocycles. The van der Waals surface area contributed by atoms with Crippen molar-refractivity contribution in [3.05, 3.63) is 0 Å². The van der Waals surface area contributed by atoms with Crippen LogP contribution in [0, 0.1) is 0 Å². The minimum Gasteiger partial charge on any atom is -0.375 e. The van der Waals surface area contributed by atoms with Gasteiger partial charge in [0.05, 0.1) is 0 Å². The first kappa shape index (κ1) is 17.4. The highest BCUT2D eigenvalue weighted by atomic mass is 31.1. The van der Waals surface area contributed by atoms with Gasteiger partial charge in [-0.1, -0.05) is 0 Å². The summed E-state index contributed by atoms with van der Waals surface area (Å²) in [7, 11) is -7.08. The number of hydrogen-bond donors (Lipinski definition) is 0. The molecule has 0 aromatic carbocycles. The van der Waals surface area contributed by atoms with Gasteiger partial charge in [-0.05, 0) is 17.7 Å². The average Bonchev–Trinajstić information content (AvgIpc) is 2.14. The normalized spacial score (nSPS) is 14.7. The zero-order valence-electron chi connectivity index (χ0n) is 10.8. The third-order valence-electron chi connectivity index (χ3n) is 1.62. The summed E-state index contributed by atoms with van der Waals surface area (Å²) in [5.41, 5.74) is 0. The molecule has 7 nitrogen and oxygen atoms in total. The molecule has 0 aromatic rings. The molecule has 0 aromatic heterocycles. The van der Waals surface area contributed by atoms with E-state index in [-0.39, 0.29) is 0 Å². The highest BCUT2D eigenvalue weighted by Crippen LogP contribution is 2.36. The van der Waals surface area contributed by atoms with Crippen LogP contribution in [-0.2, 0) is 30.6 Å². The van der Waals surface area contributed by atoms with E-state index in [2.05, 4.69) is 0 Å². The summed E-state index contributed by atoms with van der Waals surface area (Å²) >= 11 is 0. The Bertz CT molecular complexity index is 294. The van der Waals surface area contributed by atoms with E-state index in [0.29, 0.717) is 0 Å². The van der Waals surface area contributed by atoms with E-state index in [1.165, 1.54) is 20.9 Å². The average molecular weight is 320 g/mol. The Labute approximate surface area is 105 Å². The third-order valence-corrected chi connectivity index (χ3v) is 10.2. The highest BCUT2D eigenvalue weighted by Gasteiger charge is 2.51. The lowest BCUT2D eigenvalue weighted by atomic mass is 11.8. The van der Waals surface area contributed by atoms with Crippen molar-refractivity contribution in [3.63, 3.8) is 0 Å². The molecular formula is C6H18O7P2Si2+2. The Balaban J connectivity index is 4.40. The second-order valence-corrected chi connectivity index (χ2v) is 12.5. The summed E-state index contributed by atoms with van der Waals surface area (Å²) in [6, 6.07) is 0. The maximum atomic E-state index is 11.6. The van der Waals surface area contributed by atoms with Crippen LogP contribution in [0.4, 0.5) is 0 Å². The lowest BCUT2D eigenvalue weighted by molar-refractivity contribution is 0.165. The van der Waals surface area contributed by atoms with Crippen LogP contribution in [0.2, 0.25) is 19.6 Å². The molecule has 0 rings (SSSR count). The predicted molar refractivity (Wildman–Crippen MR) is 67.5 cm³/mol. The third kappa shape index (κ3) is 7.45. The molecule has 0 spiro atoms. The Morgan fingerprint density at radius 3 is 1.71 bits per heavy atom.